The number of aliphatic hydroxyl groups is 1. The van der Waals surface area contributed by atoms with Crippen molar-refractivity contribution in [2.24, 2.45) is 0 Å². The summed E-state index contributed by atoms with van der Waals surface area (Å²) < 4.78 is 13.8. The standard InChI is InChI=1S/C13H17FN2O3/c14-13-9(4-3-6-11(13)16(18)19)8-15-10-5-1-2-7-12(10)17/h3-4,6,10,12,15,17H,1-2,5,7-8H2. The molecule has 2 unspecified atom stereocenters. The van der Waals surface area contributed by atoms with E-state index < -0.39 is 22.5 Å². The fourth-order valence-corrected chi connectivity index (χ4v) is 2.43. The zero-order valence-corrected chi connectivity index (χ0v) is 10.5. The van der Waals surface area contributed by atoms with Crippen molar-refractivity contribution >= 4 is 5.69 Å². The van der Waals surface area contributed by atoms with Crippen LogP contribution in [0.5, 0.6) is 0 Å². The molecule has 2 N–H and O–H groups in total. The lowest BCUT2D eigenvalue weighted by molar-refractivity contribution is -0.387. The molecule has 0 amide bonds. The van der Waals surface area contributed by atoms with E-state index >= 15 is 0 Å². The topological polar surface area (TPSA) is 75.4 Å². The molecular weight excluding hydrogens is 251 g/mol. The third kappa shape index (κ3) is 3.27. The fourth-order valence-electron chi connectivity index (χ4n) is 2.43. The van der Waals surface area contributed by atoms with E-state index in [1.54, 1.807) is 0 Å². The number of nitrogens with zero attached hydrogens (tertiary/aromatic N) is 1. The molecule has 19 heavy (non-hydrogen) atoms. The smallest absolute Gasteiger partial charge is 0.305 e. The van der Waals surface area contributed by atoms with Crippen molar-refractivity contribution in [2.45, 2.75) is 44.4 Å². The van der Waals surface area contributed by atoms with Gasteiger partial charge in [-0.05, 0) is 12.8 Å². The van der Waals surface area contributed by atoms with Gasteiger partial charge in [-0.1, -0.05) is 25.0 Å². The van der Waals surface area contributed by atoms with Crippen LogP contribution in [-0.4, -0.2) is 22.2 Å². The summed E-state index contributed by atoms with van der Waals surface area (Å²) in [5.74, 6) is -0.801. The Balaban J connectivity index is 2.03. The summed E-state index contributed by atoms with van der Waals surface area (Å²) in [6.45, 7) is 0.190. The van der Waals surface area contributed by atoms with Crippen molar-refractivity contribution in [3.8, 4) is 0 Å². The number of nitrogens with one attached hydrogen (secondary N) is 1. The minimum absolute atomic E-state index is 0.0626. The quantitative estimate of drug-likeness (QED) is 0.648. The van der Waals surface area contributed by atoms with Crippen molar-refractivity contribution in [1.82, 2.24) is 5.32 Å². The van der Waals surface area contributed by atoms with Crippen LogP contribution in [0.3, 0.4) is 0 Å². The lowest BCUT2D eigenvalue weighted by Crippen LogP contribution is -2.41. The molecular formula is C13H17FN2O3. The highest BCUT2D eigenvalue weighted by Gasteiger charge is 2.23. The summed E-state index contributed by atoms with van der Waals surface area (Å²) in [4.78, 5) is 9.91. The average Bonchev–Trinajstić information content (AvgIpc) is 2.39. The molecule has 1 aliphatic rings. The number of rotatable bonds is 4. The Kier molecular flexibility index (Phi) is 4.44. The molecule has 0 radical (unpaired) electrons. The van der Waals surface area contributed by atoms with Gasteiger partial charge in [-0.2, -0.15) is 4.39 Å². The Bertz CT molecular complexity index is 467. The average molecular weight is 268 g/mol. The zero-order valence-electron chi connectivity index (χ0n) is 10.5. The summed E-state index contributed by atoms with van der Waals surface area (Å²) >= 11 is 0. The Labute approximate surface area is 110 Å². The number of nitro groups is 1. The first-order valence-electron chi connectivity index (χ1n) is 6.43. The molecule has 0 saturated heterocycles. The van der Waals surface area contributed by atoms with E-state index in [2.05, 4.69) is 5.32 Å². The van der Waals surface area contributed by atoms with Gasteiger partial charge in [-0.15, -0.1) is 0 Å². The monoisotopic (exact) mass is 268 g/mol. The lowest BCUT2D eigenvalue weighted by atomic mass is 9.92. The second kappa shape index (κ2) is 6.08. The molecule has 1 aliphatic carbocycles. The van der Waals surface area contributed by atoms with E-state index in [4.69, 9.17) is 0 Å². The van der Waals surface area contributed by atoms with Gasteiger partial charge in [0.1, 0.15) is 0 Å². The van der Waals surface area contributed by atoms with Crippen molar-refractivity contribution in [1.29, 1.82) is 0 Å². The summed E-state index contributed by atoms with van der Waals surface area (Å²) in [6, 6.07) is 4.07. The van der Waals surface area contributed by atoms with Gasteiger partial charge in [0.05, 0.1) is 11.0 Å². The molecule has 1 saturated carbocycles. The maximum absolute atomic E-state index is 13.8. The molecule has 0 bridgehead atoms. The highest BCUT2D eigenvalue weighted by atomic mass is 19.1. The highest BCUT2D eigenvalue weighted by Crippen LogP contribution is 2.22. The van der Waals surface area contributed by atoms with E-state index in [1.807, 2.05) is 0 Å². The SMILES string of the molecule is O=[N+]([O-])c1cccc(CNC2CCCCC2O)c1F. The van der Waals surface area contributed by atoms with Crippen LogP contribution in [0.15, 0.2) is 18.2 Å². The number of halogens is 1. The molecule has 1 aromatic carbocycles. The predicted octanol–water partition coefficient (Wildman–Crippen LogP) is 2.13. The minimum Gasteiger partial charge on any atom is -0.392 e. The first kappa shape index (κ1) is 13.9. The number of aliphatic hydroxyl groups excluding tert-OH is 1. The molecule has 2 rings (SSSR count). The van der Waals surface area contributed by atoms with Crippen molar-refractivity contribution in [3.05, 3.63) is 39.7 Å². The number of benzene rings is 1. The molecule has 104 valence electrons. The van der Waals surface area contributed by atoms with E-state index in [1.165, 1.54) is 12.1 Å². The Hall–Kier alpha value is -1.53. The summed E-state index contributed by atoms with van der Waals surface area (Å²) in [7, 11) is 0. The van der Waals surface area contributed by atoms with Gasteiger partial charge in [0.2, 0.25) is 5.82 Å². The molecule has 1 fully saturated rings. The zero-order chi connectivity index (χ0) is 13.8. The summed E-state index contributed by atoms with van der Waals surface area (Å²) in [6.07, 6.45) is 3.21. The number of hydrogen-bond acceptors (Lipinski definition) is 4. The van der Waals surface area contributed by atoms with Gasteiger partial charge in [-0.25, -0.2) is 0 Å². The number of nitro benzene ring substituents is 1. The highest BCUT2D eigenvalue weighted by molar-refractivity contribution is 5.36. The predicted molar refractivity (Wildman–Crippen MR) is 68.2 cm³/mol. The minimum atomic E-state index is -0.801. The third-order valence-corrected chi connectivity index (χ3v) is 3.54. The first-order chi connectivity index (χ1) is 9.09. The van der Waals surface area contributed by atoms with Gasteiger partial charge in [-0.3, -0.25) is 10.1 Å². The van der Waals surface area contributed by atoms with Crippen LogP contribution in [0.1, 0.15) is 31.2 Å². The fraction of sp³-hybridized carbons (Fsp3) is 0.538. The van der Waals surface area contributed by atoms with Gasteiger partial charge in [0.15, 0.2) is 0 Å². The molecule has 1 aromatic rings. The maximum atomic E-state index is 13.8. The van der Waals surface area contributed by atoms with Gasteiger partial charge in [0, 0.05) is 24.2 Å². The van der Waals surface area contributed by atoms with E-state index in [0.29, 0.717) is 0 Å². The molecule has 0 spiro atoms. The van der Waals surface area contributed by atoms with Crippen LogP contribution in [0.25, 0.3) is 0 Å². The second-order valence-electron chi connectivity index (χ2n) is 4.85. The normalized spacial score (nSPS) is 23.3. The second-order valence-corrected chi connectivity index (χ2v) is 4.85. The van der Waals surface area contributed by atoms with Crippen LogP contribution in [0, 0.1) is 15.9 Å². The first-order valence-corrected chi connectivity index (χ1v) is 6.43. The van der Waals surface area contributed by atoms with Crippen molar-refractivity contribution in [2.75, 3.05) is 0 Å². The maximum Gasteiger partial charge on any atom is 0.305 e. The van der Waals surface area contributed by atoms with Gasteiger partial charge >= 0.3 is 5.69 Å². The van der Waals surface area contributed by atoms with Gasteiger partial charge < -0.3 is 10.4 Å². The van der Waals surface area contributed by atoms with Crippen LogP contribution < -0.4 is 5.32 Å². The molecule has 0 aromatic heterocycles. The Morgan fingerprint density at radius 3 is 2.84 bits per heavy atom. The molecule has 2 atom stereocenters. The van der Waals surface area contributed by atoms with Crippen LogP contribution in [-0.2, 0) is 6.54 Å². The van der Waals surface area contributed by atoms with Crippen LogP contribution in [0.2, 0.25) is 0 Å². The lowest BCUT2D eigenvalue weighted by Gasteiger charge is -2.28. The summed E-state index contributed by atoms with van der Waals surface area (Å²) in [5, 5.41) is 23.5. The van der Waals surface area contributed by atoms with E-state index in [9.17, 15) is 19.6 Å². The van der Waals surface area contributed by atoms with Crippen LogP contribution in [0.4, 0.5) is 10.1 Å². The molecule has 0 aliphatic heterocycles. The van der Waals surface area contributed by atoms with E-state index in [0.717, 1.165) is 31.7 Å². The molecule has 6 heteroatoms. The summed E-state index contributed by atoms with van der Waals surface area (Å²) in [5.41, 5.74) is -0.254. The Morgan fingerprint density at radius 2 is 2.16 bits per heavy atom. The van der Waals surface area contributed by atoms with Crippen LogP contribution >= 0.6 is 0 Å². The Morgan fingerprint density at radius 1 is 1.42 bits per heavy atom. The molecule has 5 nitrogen and oxygen atoms in total. The van der Waals surface area contributed by atoms with E-state index in [-0.39, 0.29) is 18.2 Å². The van der Waals surface area contributed by atoms with Crippen molar-refractivity contribution < 1.29 is 14.4 Å². The third-order valence-electron chi connectivity index (χ3n) is 3.54. The molecule has 0 heterocycles. The largest absolute Gasteiger partial charge is 0.392 e. The number of hydrogen-bond donors (Lipinski definition) is 2. The van der Waals surface area contributed by atoms with Gasteiger partial charge in [0.25, 0.3) is 0 Å². The van der Waals surface area contributed by atoms with Crippen molar-refractivity contribution in [3.63, 3.8) is 0 Å².